The molecule has 15 heavy (non-hydrogen) atoms. The van der Waals surface area contributed by atoms with E-state index >= 15 is 0 Å². The van der Waals surface area contributed by atoms with Crippen LogP contribution in [0.1, 0.15) is 53.4 Å². The highest BCUT2D eigenvalue weighted by molar-refractivity contribution is 4.90. The smallest absolute Gasteiger partial charge is 0.0779 e. The van der Waals surface area contributed by atoms with E-state index in [9.17, 15) is 0 Å². The minimum atomic E-state index is -0.170. The molecule has 2 N–H and O–H groups in total. The van der Waals surface area contributed by atoms with Crippen LogP contribution in [-0.2, 0) is 4.74 Å². The van der Waals surface area contributed by atoms with E-state index in [2.05, 4.69) is 20.8 Å². The lowest BCUT2D eigenvalue weighted by molar-refractivity contribution is -0.0482. The Kier molecular flexibility index (Phi) is 4.60. The first-order valence-electron chi connectivity index (χ1n) is 6.37. The molecule has 0 radical (unpaired) electrons. The van der Waals surface area contributed by atoms with Crippen molar-refractivity contribution >= 4 is 0 Å². The van der Waals surface area contributed by atoms with Gasteiger partial charge in [0.2, 0.25) is 0 Å². The van der Waals surface area contributed by atoms with Gasteiger partial charge in [-0.25, -0.2) is 0 Å². The second kappa shape index (κ2) is 5.31. The standard InChI is InChI=1S/C13H27NO/c1-5-15-13(3,4)12(14)11-8-6-7-10(2)9-11/h10-12H,5-9,14H2,1-4H3. The quantitative estimate of drug-likeness (QED) is 0.779. The third kappa shape index (κ3) is 3.46. The number of hydrogen-bond donors (Lipinski definition) is 1. The van der Waals surface area contributed by atoms with Gasteiger partial charge in [0.25, 0.3) is 0 Å². The SMILES string of the molecule is CCOC(C)(C)C(N)C1CCCC(C)C1. The molecule has 0 aromatic heterocycles. The zero-order valence-electron chi connectivity index (χ0n) is 10.8. The van der Waals surface area contributed by atoms with Crippen molar-refractivity contribution in [2.24, 2.45) is 17.6 Å². The van der Waals surface area contributed by atoms with Gasteiger partial charge in [-0.05, 0) is 45.4 Å². The van der Waals surface area contributed by atoms with E-state index in [1.165, 1.54) is 25.7 Å². The van der Waals surface area contributed by atoms with Gasteiger partial charge < -0.3 is 10.5 Å². The van der Waals surface area contributed by atoms with Gasteiger partial charge in [-0.1, -0.05) is 19.8 Å². The maximum Gasteiger partial charge on any atom is 0.0779 e. The van der Waals surface area contributed by atoms with E-state index in [0.29, 0.717) is 5.92 Å². The third-order valence-electron chi connectivity index (χ3n) is 3.80. The molecule has 0 bridgehead atoms. The Balaban J connectivity index is 2.54. The van der Waals surface area contributed by atoms with Crippen molar-refractivity contribution in [1.29, 1.82) is 0 Å². The van der Waals surface area contributed by atoms with Crippen LogP contribution in [0, 0.1) is 11.8 Å². The number of rotatable bonds is 4. The first kappa shape index (κ1) is 13.0. The summed E-state index contributed by atoms with van der Waals surface area (Å²) in [4.78, 5) is 0. The highest BCUT2D eigenvalue weighted by atomic mass is 16.5. The summed E-state index contributed by atoms with van der Waals surface area (Å²) >= 11 is 0. The second-order valence-corrected chi connectivity index (χ2v) is 5.59. The number of nitrogens with two attached hydrogens (primary N) is 1. The van der Waals surface area contributed by atoms with E-state index in [0.717, 1.165) is 12.5 Å². The highest BCUT2D eigenvalue weighted by Gasteiger charge is 2.35. The fraction of sp³-hybridized carbons (Fsp3) is 1.00. The van der Waals surface area contributed by atoms with E-state index in [-0.39, 0.29) is 11.6 Å². The van der Waals surface area contributed by atoms with Gasteiger partial charge in [-0.2, -0.15) is 0 Å². The van der Waals surface area contributed by atoms with Crippen molar-refractivity contribution in [3.63, 3.8) is 0 Å². The largest absolute Gasteiger partial charge is 0.374 e. The molecule has 3 unspecified atom stereocenters. The molecule has 90 valence electrons. The lowest BCUT2D eigenvalue weighted by Crippen LogP contribution is -2.51. The fourth-order valence-corrected chi connectivity index (χ4v) is 2.84. The van der Waals surface area contributed by atoms with Gasteiger partial charge in [0, 0.05) is 12.6 Å². The van der Waals surface area contributed by atoms with Gasteiger partial charge in [0.1, 0.15) is 0 Å². The van der Waals surface area contributed by atoms with Crippen LogP contribution >= 0.6 is 0 Å². The zero-order valence-corrected chi connectivity index (χ0v) is 10.8. The lowest BCUT2D eigenvalue weighted by Gasteiger charge is -2.40. The normalized spacial score (nSPS) is 30.2. The summed E-state index contributed by atoms with van der Waals surface area (Å²) in [5.74, 6) is 1.49. The molecular weight excluding hydrogens is 186 g/mol. The molecule has 3 atom stereocenters. The highest BCUT2D eigenvalue weighted by Crippen LogP contribution is 2.34. The Bertz CT molecular complexity index is 191. The zero-order chi connectivity index (χ0) is 11.5. The number of ether oxygens (including phenoxy) is 1. The van der Waals surface area contributed by atoms with Crippen molar-refractivity contribution in [2.45, 2.75) is 65.0 Å². The summed E-state index contributed by atoms with van der Waals surface area (Å²) in [7, 11) is 0. The lowest BCUT2D eigenvalue weighted by atomic mass is 9.74. The molecular formula is C13H27NO. The Hall–Kier alpha value is -0.0800. The summed E-state index contributed by atoms with van der Waals surface area (Å²) in [6.07, 6.45) is 5.26. The Morgan fingerprint density at radius 2 is 2.07 bits per heavy atom. The van der Waals surface area contributed by atoms with Gasteiger partial charge in [-0.15, -0.1) is 0 Å². The first-order valence-corrected chi connectivity index (χ1v) is 6.37. The predicted octanol–water partition coefficient (Wildman–Crippen LogP) is 2.96. The molecule has 1 fully saturated rings. The molecule has 0 heterocycles. The molecule has 2 heteroatoms. The van der Waals surface area contributed by atoms with Crippen molar-refractivity contribution in [2.75, 3.05) is 6.61 Å². The van der Waals surface area contributed by atoms with E-state index in [1.807, 2.05) is 6.92 Å². The van der Waals surface area contributed by atoms with E-state index < -0.39 is 0 Å². The van der Waals surface area contributed by atoms with E-state index in [4.69, 9.17) is 10.5 Å². The van der Waals surface area contributed by atoms with Gasteiger partial charge in [0.05, 0.1) is 5.60 Å². The van der Waals surface area contributed by atoms with Crippen molar-refractivity contribution in [3.05, 3.63) is 0 Å². The number of hydrogen-bond acceptors (Lipinski definition) is 2. The molecule has 0 aliphatic heterocycles. The Morgan fingerprint density at radius 1 is 1.40 bits per heavy atom. The van der Waals surface area contributed by atoms with Gasteiger partial charge in [0.15, 0.2) is 0 Å². The molecule has 1 aliphatic rings. The van der Waals surface area contributed by atoms with Crippen molar-refractivity contribution in [1.82, 2.24) is 0 Å². The predicted molar refractivity (Wildman–Crippen MR) is 64.8 cm³/mol. The summed E-state index contributed by atoms with van der Waals surface area (Å²) in [6, 6.07) is 0.181. The van der Waals surface area contributed by atoms with Crippen LogP contribution in [0.3, 0.4) is 0 Å². The minimum Gasteiger partial charge on any atom is -0.374 e. The monoisotopic (exact) mass is 213 g/mol. The molecule has 1 aliphatic carbocycles. The average molecular weight is 213 g/mol. The molecule has 0 spiro atoms. The van der Waals surface area contributed by atoms with Crippen LogP contribution in [0.25, 0.3) is 0 Å². The van der Waals surface area contributed by atoms with Crippen LogP contribution in [0.2, 0.25) is 0 Å². The third-order valence-corrected chi connectivity index (χ3v) is 3.80. The molecule has 0 amide bonds. The van der Waals surface area contributed by atoms with E-state index in [1.54, 1.807) is 0 Å². The molecule has 0 aromatic rings. The molecule has 0 saturated heterocycles. The summed E-state index contributed by atoms with van der Waals surface area (Å²) in [5, 5.41) is 0. The summed E-state index contributed by atoms with van der Waals surface area (Å²) in [5.41, 5.74) is 6.18. The van der Waals surface area contributed by atoms with Crippen molar-refractivity contribution < 1.29 is 4.74 Å². The maximum absolute atomic E-state index is 6.35. The molecule has 1 rings (SSSR count). The van der Waals surface area contributed by atoms with Crippen LogP contribution < -0.4 is 5.73 Å². The van der Waals surface area contributed by atoms with Crippen LogP contribution in [0.4, 0.5) is 0 Å². The van der Waals surface area contributed by atoms with Gasteiger partial charge in [-0.3, -0.25) is 0 Å². The summed E-state index contributed by atoms with van der Waals surface area (Å²) < 4.78 is 5.75. The second-order valence-electron chi connectivity index (χ2n) is 5.59. The topological polar surface area (TPSA) is 35.2 Å². The van der Waals surface area contributed by atoms with Crippen molar-refractivity contribution in [3.8, 4) is 0 Å². The van der Waals surface area contributed by atoms with Gasteiger partial charge >= 0.3 is 0 Å². The Labute approximate surface area is 94.6 Å². The Morgan fingerprint density at radius 3 is 2.60 bits per heavy atom. The minimum absolute atomic E-state index is 0.170. The first-order chi connectivity index (χ1) is 6.97. The fourth-order valence-electron chi connectivity index (χ4n) is 2.84. The van der Waals surface area contributed by atoms with Crippen LogP contribution in [-0.4, -0.2) is 18.2 Å². The van der Waals surface area contributed by atoms with Crippen LogP contribution in [0.5, 0.6) is 0 Å². The molecule has 0 aromatic carbocycles. The molecule has 1 saturated carbocycles. The average Bonchev–Trinajstić information content (AvgIpc) is 2.16. The van der Waals surface area contributed by atoms with Crippen LogP contribution in [0.15, 0.2) is 0 Å². The maximum atomic E-state index is 6.35. The molecule has 2 nitrogen and oxygen atoms in total. The summed E-state index contributed by atoms with van der Waals surface area (Å²) in [6.45, 7) is 9.38.